The molecule has 1 aliphatic rings. The van der Waals surface area contributed by atoms with Crippen molar-refractivity contribution in [1.82, 2.24) is 10.2 Å². The molecule has 0 spiro atoms. The maximum absolute atomic E-state index is 3.25. The molecule has 0 saturated heterocycles. The predicted molar refractivity (Wildman–Crippen MR) is 85.0 cm³/mol. The van der Waals surface area contributed by atoms with Crippen molar-refractivity contribution in [2.24, 2.45) is 0 Å². The summed E-state index contributed by atoms with van der Waals surface area (Å²) in [5.74, 6) is 0. The lowest BCUT2D eigenvalue weighted by Crippen LogP contribution is -2.31. The summed E-state index contributed by atoms with van der Waals surface area (Å²) in [5, 5.41) is 3.25. The predicted octanol–water partition coefficient (Wildman–Crippen LogP) is 3.37. The van der Waals surface area contributed by atoms with E-state index in [9.17, 15) is 0 Å². The Bertz CT molecular complexity index is 535. The van der Waals surface area contributed by atoms with Crippen LogP contribution < -0.4 is 5.32 Å². The number of hydrogen-bond donors (Lipinski definition) is 1. The molecule has 3 rings (SSSR count). The van der Waals surface area contributed by atoms with Crippen LogP contribution in [0.15, 0.2) is 58.3 Å². The first-order valence-corrected chi connectivity index (χ1v) is 7.89. The summed E-state index contributed by atoms with van der Waals surface area (Å²) in [6.07, 6.45) is 0. The number of benzene rings is 2. The number of fused-ring (bicyclic) bond motifs is 2. The maximum Gasteiger partial charge on any atom is 0.0249 e. The molecule has 0 aromatic heterocycles. The third-order valence-corrected chi connectivity index (χ3v) is 4.87. The molecule has 1 N–H and O–H groups in total. The van der Waals surface area contributed by atoms with E-state index >= 15 is 0 Å². The first-order valence-electron chi connectivity index (χ1n) is 7.07. The summed E-state index contributed by atoms with van der Waals surface area (Å²) in [6, 6.07) is 17.5. The smallest absolute Gasteiger partial charge is 0.0249 e. The molecule has 0 atom stereocenters. The maximum atomic E-state index is 3.25. The Morgan fingerprint density at radius 1 is 0.950 bits per heavy atom. The van der Waals surface area contributed by atoms with Crippen molar-refractivity contribution in [1.29, 1.82) is 0 Å². The van der Waals surface area contributed by atoms with Gasteiger partial charge < -0.3 is 5.32 Å². The summed E-state index contributed by atoms with van der Waals surface area (Å²) >= 11 is 1.90. The van der Waals surface area contributed by atoms with E-state index in [1.807, 2.05) is 18.8 Å². The van der Waals surface area contributed by atoms with E-state index in [1.54, 1.807) is 0 Å². The molecule has 0 fully saturated rings. The highest BCUT2D eigenvalue weighted by Gasteiger charge is 2.16. The van der Waals surface area contributed by atoms with Gasteiger partial charge in [0.15, 0.2) is 0 Å². The van der Waals surface area contributed by atoms with E-state index in [0.717, 1.165) is 26.2 Å². The average molecular weight is 284 g/mol. The second kappa shape index (κ2) is 6.44. The van der Waals surface area contributed by atoms with Crippen molar-refractivity contribution in [2.75, 3.05) is 20.1 Å². The SMILES string of the molecule is CNCCN1Cc2ccccc2Sc2ccccc2C1. The van der Waals surface area contributed by atoms with Gasteiger partial charge in [-0.15, -0.1) is 0 Å². The van der Waals surface area contributed by atoms with Crippen LogP contribution in [0, 0.1) is 0 Å². The van der Waals surface area contributed by atoms with Gasteiger partial charge >= 0.3 is 0 Å². The molecule has 3 heteroatoms. The molecule has 0 bridgehead atoms. The van der Waals surface area contributed by atoms with Crippen LogP contribution in [0.5, 0.6) is 0 Å². The lowest BCUT2D eigenvalue weighted by Gasteiger charge is -2.27. The fourth-order valence-corrected chi connectivity index (χ4v) is 3.61. The number of nitrogens with zero attached hydrogens (tertiary/aromatic N) is 1. The minimum atomic E-state index is 1.03. The lowest BCUT2D eigenvalue weighted by molar-refractivity contribution is 0.254. The number of hydrogen-bond acceptors (Lipinski definition) is 3. The highest BCUT2D eigenvalue weighted by molar-refractivity contribution is 7.99. The van der Waals surface area contributed by atoms with Gasteiger partial charge in [0.1, 0.15) is 0 Å². The molecular weight excluding hydrogens is 264 g/mol. The van der Waals surface area contributed by atoms with Crippen LogP contribution in [0.3, 0.4) is 0 Å². The Morgan fingerprint density at radius 3 is 2.05 bits per heavy atom. The van der Waals surface area contributed by atoms with Gasteiger partial charge in [0.05, 0.1) is 0 Å². The minimum absolute atomic E-state index is 1.03. The van der Waals surface area contributed by atoms with Gasteiger partial charge in [0.2, 0.25) is 0 Å². The zero-order valence-electron chi connectivity index (χ0n) is 11.8. The van der Waals surface area contributed by atoms with E-state index < -0.39 is 0 Å². The molecule has 0 radical (unpaired) electrons. The monoisotopic (exact) mass is 284 g/mol. The van der Waals surface area contributed by atoms with Crippen LogP contribution in [-0.4, -0.2) is 25.0 Å². The fraction of sp³-hybridized carbons (Fsp3) is 0.294. The third-order valence-electron chi connectivity index (χ3n) is 3.63. The van der Waals surface area contributed by atoms with Crippen molar-refractivity contribution in [2.45, 2.75) is 22.9 Å². The van der Waals surface area contributed by atoms with Gasteiger partial charge in [-0.25, -0.2) is 0 Å². The van der Waals surface area contributed by atoms with Crippen molar-refractivity contribution < 1.29 is 0 Å². The van der Waals surface area contributed by atoms with Gasteiger partial charge in [-0.3, -0.25) is 4.90 Å². The molecule has 0 aliphatic carbocycles. The van der Waals surface area contributed by atoms with Gasteiger partial charge in [-0.1, -0.05) is 48.2 Å². The molecule has 0 saturated carbocycles. The Hall–Kier alpha value is -1.29. The standard InChI is InChI=1S/C17H20N2S/c1-18-10-11-19-12-14-6-2-4-8-16(14)20-17-9-5-3-7-15(17)13-19/h2-9,18H,10-13H2,1H3. The normalized spacial score (nSPS) is 15.1. The summed E-state index contributed by atoms with van der Waals surface area (Å²) in [5.41, 5.74) is 2.87. The van der Waals surface area contributed by atoms with Crippen LogP contribution >= 0.6 is 11.8 Å². The minimum Gasteiger partial charge on any atom is -0.318 e. The molecule has 0 unspecified atom stereocenters. The summed E-state index contributed by atoms with van der Waals surface area (Å²) in [6.45, 7) is 4.15. The largest absolute Gasteiger partial charge is 0.318 e. The second-order valence-corrected chi connectivity index (χ2v) is 6.22. The first kappa shape index (κ1) is 13.7. The molecule has 20 heavy (non-hydrogen) atoms. The van der Waals surface area contributed by atoms with E-state index in [4.69, 9.17) is 0 Å². The van der Waals surface area contributed by atoms with Crippen LogP contribution in [0.1, 0.15) is 11.1 Å². The number of likely N-dealkylation sites (N-methyl/N-ethyl adjacent to an activating group) is 1. The molecule has 2 nitrogen and oxygen atoms in total. The van der Waals surface area contributed by atoms with Crippen LogP contribution in [0.4, 0.5) is 0 Å². The Labute approximate surface area is 125 Å². The highest BCUT2D eigenvalue weighted by Crippen LogP contribution is 2.35. The third kappa shape index (κ3) is 3.06. The molecule has 2 aromatic rings. The zero-order valence-corrected chi connectivity index (χ0v) is 12.6. The lowest BCUT2D eigenvalue weighted by atomic mass is 10.1. The fourth-order valence-electron chi connectivity index (χ4n) is 2.55. The van der Waals surface area contributed by atoms with E-state index in [1.165, 1.54) is 20.9 Å². The highest BCUT2D eigenvalue weighted by atomic mass is 32.2. The number of rotatable bonds is 3. The zero-order chi connectivity index (χ0) is 13.8. The van der Waals surface area contributed by atoms with Crippen molar-refractivity contribution >= 4 is 11.8 Å². The van der Waals surface area contributed by atoms with Crippen molar-refractivity contribution in [3.05, 3.63) is 59.7 Å². The summed E-state index contributed by atoms with van der Waals surface area (Å²) in [4.78, 5) is 5.29. The molecule has 2 aromatic carbocycles. The first-order chi connectivity index (χ1) is 9.86. The summed E-state index contributed by atoms with van der Waals surface area (Å²) in [7, 11) is 2.02. The van der Waals surface area contributed by atoms with Gasteiger partial charge in [-0.2, -0.15) is 0 Å². The van der Waals surface area contributed by atoms with E-state index in [0.29, 0.717) is 0 Å². The van der Waals surface area contributed by atoms with Crippen molar-refractivity contribution in [3.63, 3.8) is 0 Å². The second-order valence-electron chi connectivity index (χ2n) is 5.13. The quantitative estimate of drug-likeness (QED) is 0.930. The molecule has 104 valence electrons. The average Bonchev–Trinajstić information content (AvgIpc) is 2.46. The van der Waals surface area contributed by atoms with E-state index in [-0.39, 0.29) is 0 Å². The van der Waals surface area contributed by atoms with Crippen LogP contribution in [-0.2, 0) is 13.1 Å². The topological polar surface area (TPSA) is 15.3 Å². The Balaban J connectivity index is 1.96. The van der Waals surface area contributed by atoms with Gasteiger partial charge in [-0.05, 0) is 30.3 Å². The molecule has 1 aliphatic heterocycles. The summed E-state index contributed by atoms with van der Waals surface area (Å²) < 4.78 is 0. The number of nitrogens with one attached hydrogen (secondary N) is 1. The van der Waals surface area contributed by atoms with Gasteiger partial charge in [0, 0.05) is 36.0 Å². The van der Waals surface area contributed by atoms with E-state index in [2.05, 4.69) is 58.7 Å². The molecule has 0 amide bonds. The molecular formula is C17H20N2S. The van der Waals surface area contributed by atoms with Gasteiger partial charge in [0.25, 0.3) is 0 Å². The van der Waals surface area contributed by atoms with Crippen LogP contribution in [0.2, 0.25) is 0 Å². The molecule has 1 heterocycles. The van der Waals surface area contributed by atoms with Crippen LogP contribution in [0.25, 0.3) is 0 Å². The Morgan fingerprint density at radius 2 is 1.50 bits per heavy atom. The van der Waals surface area contributed by atoms with Crippen molar-refractivity contribution in [3.8, 4) is 0 Å². The Kier molecular flexibility index (Phi) is 4.41.